The number of rotatable bonds is 2. The molecule has 1 aromatic carbocycles. The van der Waals surface area contributed by atoms with Crippen molar-refractivity contribution in [2.24, 2.45) is 0 Å². The van der Waals surface area contributed by atoms with E-state index in [2.05, 4.69) is 0 Å². The van der Waals surface area contributed by atoms with Crippen molar-refractivity contribution in [3.05, 3.63) is 39.9 Å². The molecule has 2 rings (SSSR count). The van der Waals surface area contributed by atoms with E-state index in [1.807, 2.05) is 0 Å². The summed E-state index contributed by atoms with van der Waals surface area (Å²) in [5.74, 6) is -0.133. The number of hydrogen-bond acceptors (Lipinski definition) is 2. The third-order valence-corrected chi connectivity index (χ3v) is 3.12. The van der Waals surface area contributed by atoms with Crippen LogP contribution in [0.25, 0.3) is 6.08 Å². The fourth-order valence-electron chi connectivity index (χ4n) is 1.54. The third-order valence-electron chi connectivity index (χ3n) is 2.54. The smallest absolute Gasteiger partial charge is 0.246 e. The molecule has 0 unspecified atom stereocenters. The van der Waals surface area contributed by atoms with Gasteiger partial charge in [-0.15, -0.1) is 0 Å². The van der Waals surface area contributed by atoms with Crippen LogP contribution in [-0.2, 0) is 4.79 Å². The number of nitrogens with zero attached hydrogens (tertiary/aromatic N) is 1. The minimum Gasteiger partial charge on any atom is -0.389 e. The summed E-state index contributed by atoms with van der Waals surface area (Å²) in [6.07, 6.45) is 2.67. The first-order valence-corrected chi connectivity index (χ1v) is 5.92. The van der Waals surface area contributed by atoms with Crippen LogP contribution < -0.4 is 0 Å². The molecule has 1 saturated heterocycles. The number of carbonyl (C=O) groups is 1. The molecule has 90 valence electrons. The first-order valence-electron chi connectivity index (χ1n) is 5.16. The van der Waals surface area contributed by atoms with E-state index in [1.54, 1.807) is 29.2 Å². The Hall–Kier alpha value is -1.03. The third kappa shape index (κ3) is 3.00. The van der Waals surface area contributed by atoms with E-state index < -0.39 is 0 Å². The van der Waals surface area contributed by atoms with Crippen LogP contribution in [0.3, 0.4) is 0 Å². The maximum atomic E-state index is 11.6. The molecule has 1 amide bonds. The topological polar surface area (TPSA) is 40.5 Å². The van der Waals surface area contributed by atoms with Crippen molar-refractivity contribution in [3.8, 4) is 0 Å². The van der Waals surface area contributed by atoms with Crippen molar-refractivity contribution in [3.63, 3.8) is 0 Å². The first kappa shape index (κ1) is 12.4. The van der Waals surface area contributed by atoms with E-state index in [0.717, 1.165) is 0 Å². The van der Waals surface area contributed by atoms with Gasteiger partial charge in [0.05, 0.1) is 6.10 Å². The van der Waals surface area contributed by atoms with Crippen molar-refractivity contribution < 1.29 is 9.90 Å². The number of amides is 1. The van der Waals surface area contributed by atoms with Gasteiger partial charge in [0.15, 0.2) is 0 Å². The molecule has 0 saturated carbocycles. The highest BCUT2D eigenvalue weighted by molar-refractivity contribution is 6.34. The van der Waals surface area contributed by atoms with Gasteiger partial charge in [-0.1, -0.05) is 23.2 Å². The van der Waals surface area contributed by atoms with Gasteiger partial charge in [0.25, 0.3) is 0 Å². The monoisotopic (exact) mass is 271 g/mol. The van der Waals surface area contributed by atoms with Crippen LogP contribution in [0.2, 0.25) is 10.0 Å². The average Bonchev–Trinajstić information content (AvgIpc) is 2.26. The number of carbonyl (C=O) groups excluding carboxylic acids is 1. The Kier molecular flexibility index (Phi) is 3.72. The maximum Gasteiger partial charge on any atom is 0.246 e. The lowest BCUT2D eigenvalue weighted by atomic mass is 10.1. The van der Waals surface area contributed by atoms with Crippen LogP contribution in [0.1, 0.15) is 5.56 Å². The normalized spacial score (nSPS) is 16.3. The molecule has 1 fully saturated rings. The highest BCUT2D eigenvalue weighted by Crippen LogP contribution is 2.22. The largest absolute Gasteiger partial charge is 0.389 e. The Balaban J connectivity index is 2.04. The van der Waals surface area contributed by atoms with Gasteiger partial charge < -0.3 is 10.0 Å². The summed E-state index contributed by atoms with van der Waals surface area (Å²) in [5, 5.41) is 10.2. The Morgan fingerprint density at radius 3 is 2.76 bits per heavy atom. The summed E-state index contributed by atoms with van der Waals surface area (Å²) in [6.45, 7) is 0.791. The zero-order chi connectivity index (χ0) is 12.4. The Labute approximate surface area is 109 Å². The molecule has 1 N–H and O–H groups in total. The van der Waals surface area contributed by atoms with E-state index in [-0.39, 0.29) is 12.0 Å². The number of β-amino-alcohol motifs (C(OH)–C–C–N with tert-alkyl or cyclic N) is 1. The van der Waals surface area contributed by atoms with Gasteiger partial charge in [-0.05, 0) is 29.8 Å². The Morgan fingerprint density at radius 2 is 2.12 bits per heavy atom. The van der Waals surface area contributed by atoms with E-state index in [9.17, 15) is 4.79 Å². The molecule has 1 aromatic rings. The maximum absolute atomic E-state index is 11.6. The molecular formula is C12H11Cl2NO2. The van der Waals surface area contributed by atoms with Crippen molar-refractivity contribution in [2.45, 2.75) is 6.10 Å². The Bertz CT molecular complexity index is 468. The lowest BCUT2D eigenvalue weighted by Gasteiger charge is -2.34. The predicted octanol–water partition coefficient (Wildman–Crippen LogP) is 2.21. The molecule has 3 nitrogen and oxygen atoms in total. The molecular weight excluding hydrogens is 261 g/mol. The quantitative estimate of drug-likeness (QED) is 0.838. The molecule has 17 heavy (non-hydrogen) atoms. The first-order chi connectivity index (χ1) is 8.06. The van der Waals surface area contributed by atoms with Crippen LogP contribution in [0.4, 0.5) is 0 Å². The van der Waals surface area contributed by atoms with Crippen LogP contribution in [0, 0.1) is 0 Å². The molecule has 1 aliphatic heterocycles. The molecule has 1 aliphatic rings. The number of halogens is 2. The molecule has 0 aromatic heterocycles. The Morgan fingerprint density at radius 1 is 1.41 bits per heavy atom. The standard InChI is InChI=1S/C12H11Cl2NO2/c13-9-2-3-11(14)8(5-9)1-4-12(17)15-6-10(16)7-15/h1-5,10,16H,6-7H2. The van der Waals surface area contributed by atoms with Crippen LogP contribution in [-0.4, -0.2) is 35.1 Å². The summed E-state index contributed by atoms with van der Waals surface area (Å²) in [5.41, 5.74) is 0.702. The summed E-state index contributed by atoms with van der Waals surface area (Å²) < 4.78 is 0. The molecule has 0 spiro atoms. The minimum atomic E-state index is -0.387. The van der Waals surface area contributed by atoms with Crippen LogP contribution >= 0.6 is 23.2 Å². The summed E-state index contributed by atoms with van der Waals surface area (Å²) in [4.78, 5) is 13.1. The molecule has 1 heterocycles. The minimum absolute atomic E-state index is 0.133. The average molecular weight is 272 g/mol. The molecule has 0 aliphatic carbocycles. The van der Waals surface area contributed by atoms with E-state index >= 15 is 0 Å². The van der Waals surface area contributed by atoms with Crippen LogP contribution in [0.15, 0.2) is 24.3 Å². The van der Waals surface area contributed by atoms with E-state index in [0.29, 0.717) is 28.7 Å². The zero-order valence-corrected chi connectivity index (χ0v) is 10.4. The lowest BCUT2D eigenvalue weighted by molar-refractivity contribution is -0.135. The molecule has 0 atom stereocenters. The molecule has 0 bridgehead atoms. The number of aliphatic hydroxyl groups excluding tert-OH is 1. The zero-order valence-electron chi connectivity index (χ0n) is 8.94. The molecule has 5 heteroatoms. The SMILES string of the molecule is O=C(C=Cc1cc(Cl)ccc1Cl)N1CC(O)C1. The summed E-state index contributed by atoms with van der Waals surface area (Å²) in [7, 11) is 0. The second-order valence-electron chi connectivity index (χ2n) is 3.90. The van der Waals surface area contributed by atoms with E-state index in [4.69, 9.17) is 28.3 Å². The molecule has 0 radical (unpaired) electrons. The predicted molar refractivity (Wildman–Crippen MR) is 68.1 cm³/mol. The van der Waals surface area contributed by atoms with Gasteiger partial charge in [0.2, 0.25) is 5.91 Å². The van der Waals surface area contributed by atoms with Crippen molar-refractivity contribution in [1.29, 1.82) is 0 Å². The number of benzene rings is 1. The summed E-state index contributed by atoms with van der Waals surface area (Å²) >= 11 is 11.8. The fourth-order valence-corrected chi connectivity index (χ4v) is 1.91. The number of hydrogen-bond donors (Lipinski definition) is 1. The summed E-state index contributed by atoms with van der Waals surface area (Å²) in [6, 6.07) is 5.06. The highest BCUT2D eigenvalue weighted by atomic mass is 35.5. The second-order valence-corrected chi connectivity index (χ2v) is 4.74. The van der Waals surface area contributed by atoms with Gasteiger partial charge in [-0.3, -0.25) is 4.79 Å². The lowest BCUT2D eigenvalue weighted by Crippen LogP contribution is -2.52. The number of aliphatic hydroxyl groups is 1. The van der Waals surface area contributed by atoms with Gasteiger partial charge in [-0.2, -0.15) is 0 Å². The highest BCUT2D eigenvalue weighted by Gasteiger charge is 2.26. The van der Waals surface area contributed by atoms with Gasteiger partial charge in [0.1, 0.15) is 0 Å². The van der Waals surface area contributed by atoms with Gasteiger partial charge >= 0.3 is 0 Å². The van der Waals surface area contributed by atoms with Crippen molar-refractivity contribution >= 4 is 35.2 Å². The van der Waals surface area contributed by atoms with Crippen molar-refractivity contribution in [1.82, 2.24) is 4.90 Å². The van der Waals surface area contributed by atoms with Gasteiger partial charge in [0, 0.05) is 29.2 Å². The fraction of sp³-hybridized carbons (Fsp3) is 0.250. The number of likely N-dealkylation sites (tertiary alicyclic amines) is 1. The second kappa shape index (κ2) is 5.08. The van der Waals surface area contributed by atoms with E-state index in [1.165, 1.54) is 6.08 Å². The van der Waals surface area contributed by atoms with Gasteiger partial charge in [-0.25, -0.2) is 0 Å². The van der Waals surface area contributed by atoms with Crippen LogP contribution in [0.5, 0.6) is 0 Å². The van der Waals surface area contributed by atoms with Crippen molar-refractivity contribution in [2.75, 3.05) is 13.1 Å².